The molecule has 0 unspecified atom stereocenters. The van der Waals surface area contributed by atoms with Crippen molar-refractivity contribution in [3.8, 4) is 0 Å². The molecule has 1 heterocycles. The van der Waals surface area contributed by atoms with E-state index in [4.69, 9.17) is 5.11 Å². The molecule has 21 heavy (non-hydrogen) atoms. The number of hydroxylamine groups is 1. The molecule has 1 amide bonds. The van der Waals surface area contributed by atoms with Gasteiger partial charge in [0.05, 0.1) is 6.42 Å². The molecule has 0 spiro atoms. The Bertz CT molecular complexity index is 646. The molecule has 1 aromatic rings. The zero-order chi connectivity index (χ0) is 16.4. The number of hydrogen-bond acceptors (Lipinski definition) is 6. The highest BCUT2D eigenvalue weighted by Crippen LogP contribution is 2.31. The molecule has 0 aliphatic rings. The molecule has 1 N–H and O–H groups in total. The Balaban J connectivity index is 3.06. The van der Waals surface area contributed by atoms with Crippen LogP contribution in [0.4, 0.5) is 4.79 Å². The Morgan fingerprint density at radius 2 is 2.00 bits per heavy atom. The smallest absolute Gasteiger partial charge is 0.456 e. The van der Waals surface area contributed by atoms with E-state index in [1.807, 2.05) is 0 Å². The Morgan fingerprint density at radius 1 is 1.43 bits per heavy atom. The molecule has 0 saturated heterocycles. The average Bonchev–Trinajstić information content (AvgIpc) is 2.70. The zero-order valence-electron chi connectivity index (χ0n) is 11.5. The van der Waals surface area contributed by atoms with E-state index in [0.717, 1.165) is 11.3 Å². The van der Waals surface area contributed by atoms with E-state index in [1.165, 1.54) is 11.4 Å². The lowest BCUT2D eigenvalue weighted by Crippen LogP contribution is -2.38. The second-order valence-corrected chi connectivity index (χ2v) is 8.99. The van der Waals surface area contributed by atoms with Crippen molar-refractivity contribution in [2.45, 2.75) is 31.4 Å². The van der Waals surface area contributed by atoms with Crippen LogP contribution >= 0.6 is 27.3 Å². The fourth-order valence-electron chi connectivity index (χ4n) is 1.29. The predicted molar refractivity (Wildman–Crippen MR) is 79.2 cm³/mol. The van der Waals surface area contributed by atoms with E-state index < -0.39 is 27.5 Å². The first-order valence-electron chi connectivity index (χ1n) is 5.67. The van der Waals surface area contributed by atoms with E-state index in [2.05, 4.69) is 20.8 Å². The second-order valence-electron chi connectivity index (χ2n) is 5.27. The Hall–Kier alpha value is -1.13. The van der Waals surface area contributed by atoms with Crippen molar-refractivity contribution in [3.63, 3.8) is 0 Å². The minimum absolute atomic E-state index is 0.127. The van der Waals surface area contributed by atoms with E-state index in [1.54, 1.807) is 20.8 Å². The molecular weight excluding hydrogens is 386 g/mol. The molecule has 1 aromatic heterocycles. The quantitative estimate of drug-likeness (QED) is 0.783. The van der Waals surface area contributed by atoms with Crippen LogP contribution in [0.25, 0.3) is 0 Å². The van der Waals surface area contributed by atoms with Gasteiger partial charge in [-0.25, -0.2) is 9.59 Å². The van der Waals surface area contributed by atoms with Gasteiger partial charge < -0.3 is 9.94 Å². The van der Waals surface area contributed by atoms with Crippen LogP contribution in [0.3, 0.4) is 0 Å². The van der Waals surface area contributed by atoms with E-state index >= 15 is 0 Å². The number of amides is 1. The van der Waals surface area contributed by atoms with Gasteiger partial charge in [0.2, 0.25) is 0 Å². The fraction of sp³-hybridized carbons (Fsp3) is 0.455. The van der Waals surface area contributed by atoms with Crippen molar-refractivity contribution >= 4 is 49.4 Å². The van der Waals surface area contributed by atoms with Crippen LogP contribution < -0.4 is 0 Å². The van der Waals surface area contributed by atoms with Crippen LogP contribution in [-0.4, -0.2) is 30.1 Å². The first-order valence-corrected chi connectivity index (χ1v) is 8.78. The summed E-state index contributed by atoms with van der Waals surface area (Å²) in [5.74, 6) is -0.943. The summed E-state index contributed by atoms with van der Waals surface area (Å²) >= 11 is 3.82. The van der Waals surface area contributed by atoms with E-state index in [9.17, 15) is 18.0 Å². The van der Waals surface area contributed by atoms with Gasteiger partial charge in [-0.2, -0.15) is 8.42 Å². The van der Waals surface area contributed by atoms with Crippen LogP contribution in [0.2, 0.25) is 0 Å². The molecule has 1 rings (SSSR count). The summed E-state index contributed by atoms with van der Waals surface area (Å²) in [4.78, 5) is 27.3. The number of sulfonamides is 1. The second kappa shape index (κ2) is 6.32. The summed E-state index contributed by atoms with van der Waals surface area (Å²) in [5, 5.41) is 10.5. The van der Waals surface area contributed by atoms with Gasteiger partial charge >= 0.3 is 22.1 Å². The maximum Gasteiger partial charge on any atom is 0.456 e. The van der Waals surface area contributed by atoms with Gasteiger partial charge in [0.25, 0.3) is 0 Å². The van der Waals surface area contributed by atoms with Crippen LogP contribution in [0, 0.1) is 5.41 Å². The topological polar surface area (TPSA) is 101 Å². The molecule has 7 nitrogen and oxygen atoms in total. The van der Waals surface area contributed by atoms with E-state index in [0.29, 0.717) is 0 Å². The molecule has 0 aromatic carbocycles. The molecule has 0 aliphatic heterocycles. The van der Waals surface area contributed by atoms with Crippen LogP contribution in [0.15, 0.2) is 20.1 Å². The maximum absolute atomic E-state index is 12.2. The minimum atomic E-state index is -4.48. The molecule has 10 heteroatoms. The lowest BCUT2D eigenvalue weighted by atomic mass is 9.93. The maximum atomic E-state index is 12.2. The van der Waals surface area contributed by atoms with Crippen molar-refractivity contribution in [2.24, 2.45) is 5.41 Å². The zero-order valence-corrected chi connectivity index (χ0v) is 14.7. The monoisotopic (exact) mass is 399 g/mol. The molecule has 0 bridgehead atoms. The Labute approximate surface area is 134 Å². The van der Waals surface area contributed by atoms with Gasteiger partial charge in [-0.1, -0.05) is 20.8 Å². The minimum Gasteiger partial charge on any atom is -0.462 e. The summed E-state index contributed by atoms with van der Waals surface area (Å²) in [6.07, 6.45) is -2.02. The summed E-state index contributed by atoms with van der Waals surface area (Å²) in [7, 11) is -4.48. The molecule has 118 valence electrons. The molecular formula is C11H14BrNO6S2. The number of thiophene rings is 1. The Morgan fingerprint density at radius 3 is 2.38 bits per heavy atom. The van der Waals surface area contributed by atoms with Crippen molar-refractivity contribution < 1.29 is 28.0 Å². The average molecular weight is 400 g/mol. The third kappa shape index (κ3) is 4.68. The number of carbonyl (C=O) groups is 2. The van der Waals surface area contributed by atoms with Gasteiger partial charge in [0.15, 0.2) is 4.21 Å². The van der Waals surface area contributed by atoms with Gasteiger partial charge in [-0.05, 0) is 37.3 Å². The summed E-state index contributed by atoms with van der Waals surface area (Å²) in [5.41, 5.74) is -0.464. The number of hydrogen-bond donors (Lipinski definition) is 1. The highest BCUT2D eigenvalue weighted by molar-refractivity contribution is 9.10. The number of rotatable bonds is 3. The van der Waals surface area contributed by atoms with Gasteiger partial charge in [0, 0.05) is 4.47 Å². The predicted octanol–water partition coefficient (Wildman–Crippen LogP) is 3.07. The van der Waals surface area contributed by atoms with Crippen LogP contribution in [-0.2, 0) is 19.7 Å². The largest absolute Gasteiger partial charge is 0.462 e. The number of carboxylic acid groups (broad SMARTS) is 1. The van der Waals surface area contributed by atoms with Crippen molar-refractivity contribution in [1.29, 1.82) is 0 Å². The lowest BCUT2D eigenvalue weighted by Gasteiger charge is -2.20. The third-order valence-electron chi connectivity index (χ3n) is 2.05. The van der Waals surface area contributed by atoms with E-state index in [-0.39, 0.29) is 19.6 Å². The summed E-state index contributed by atoms with van der Waals surface area (Å²) < 4.78 is 24.0. The molecule has 0 atom stereocenters. The van der Waals surface area contributed by atoms with Gasteiger partial charge in [0.1, 0.15) is 0 Å². The third-order valence-corrected chi connectivity index (χ3v) is 6.22. The highest BCUT2D eigenvalue weighted by Gasteiger charge is 2.36. The number of carbonyl (C=O) groups excluding carboxylic acids is 1. The first-order chi connectivity index (χ1) is 9.45. The fourth-order valence-corrected chi connectivity index (χ4v) is 4.71. The normalized spacial score (nSPS) is 12.0. The van der Waals surface area contributed by atoms with Gasteiger partial charge in [-0.15, -0.1) is 11.3 Å². The molecule has 0 aliphatic carbocycles. The number of nitrogens with zero attached hydrogens (tertiary/aromatic N) is 1. The Kier molecular flexibility index (Phi) is 5.40. The number of halogens is 1. The SMILES string of the molecule is CC(C)(C)CC(=O)ON(C(=O)O)S(=O)(=O)c1sccc1Br. The first kappa shape index (κ1) is 17.9. The van der Waals surface area contributed by atoms with Crippen LogP contribution in [0.1, 0.15) is 27.2 Å². The molecule has 0 saturated carbocycles. The van der Waals surface area contributed by atoms with Gasteiger partial charge in [-0.3, -0.25) is 0 Å². The van der Waals surface area contributed by atoms with Crippen molar-refractivity contribution in [2.75, 3.05) is 0 Å². The highest BCUT2D eigenvalue weighted by atomic mass is 79.9. The lowest BCUT2D eigenvalue weighted by molar-refractivity contribution is -0.166. The van der Waals surface area contributed by atoms with Crippen molar-refractivity contribution in [3.05, 3.63) is 15.9 Å². The van der Waals surface area contributed by atoms with Crippen LogP contribution in [0.5, 0.6) is 0 Å². The molecule has 0 fully saturated rings. The summed E-state index contributed by atoms with van der Waals surface area (Å²) in [6, 6.07) is 1.45. The summed E-state index contributed by atoms with van der Waals surface area (Å²) in [6.45, 7) is 5.22. The standard InChI is InChI=1S/C11H14BrNO6S2/c1-11(2,3)6-8(14)19-13(10(15)16)21(17,18)9-7(12)4-5-20-9/h4-5H,6H2,1-3H3,(H,15,16). The molecule has 0 radical (unpaired) electrons. The van der Waals surface area contributed by atoms with Crippen molar-refractivity contribution in [1.82, 2.24) is 4.47 Å².